The van der Waals surface area contributed by atoms with Crippen molar-refractivity contribution in [1.29, 1.82) is 0 Å². The van der Waals surface area contributed by atoms with Crippen LogP contribution in [0.1, 0.15) is 12.5 Å². The largest absolute Gasteiger partial charge is 0.306 e. The van der Waals surface area contributed by atoms with Crippen molar-refractivity contribution in [3.8, 4) is 0 Å². The molecule has 0 bridgehead atoms. The number of aromatic nitrogens is 2. The molecule has 0 saturated carbocycles. The molecule has 0 unspecified atom stereocenters. The van der Waals surface area contributed by atoms with E-state index in [9.17, 15) is 9.18 Å². The van der Waals surface area contributed by atoms with Gasteiger partial charge in [-0.2, -0.15) is 5.10 Å². The molecule has 0 radical (unpaired) electrons. The Morgan fingerprint density at radius 2 is 2.00 bits per heavy atom. The Balaban J connectivity index is 2.07. The number of hydrogen-bond donors (Lipinski definition) is 1. The van der Waals surface area contributed by atoms with Gasteiger partial charge in [0.15, 0.2) is 5.82 Å². The SMILES string of the molecule is C/C(=C\C(=O)Nc1ccn(C)n1)c1ccc(F)cc1. The fourth-order valence-electron chi connectivity index (χ4n) is 1.64. The van der Waals surface area contributed by atoms with Gasteiger partial charge in [-0.15, -0.1) is 0 Å². The molecular formula is C14H14FN3O. The number of allylic oxidation sites excluding steroid dienone is 1. The first-order valence-electron chi connectivity index (χ1n) is 5.79. The van der Waals surface area contributed by atoms with Gasteiger partial charge in [-0.3, -0.25) is 9.48 Å². The highest BCUT2D eigenvalue weighted by atomic mass is 19.1. The summed E-state index contributed by atoms with van der Waals surface area (Å²) in [5.41, 5.74) is 1.56. The first-order chi connectivity index (χ1) is 9.04. The molecule has 0 atom stereocenters. The van der Waals surface area contributed by atoms with E-state index in [0.717, 1.165) is 11.1 Å². The van der Waals surface area contributed by atoms with Crippen LogP contribution in [0.4, 0.5) is 10.2 Å². The third-order valence-corrected chi connectivity index (χ3v) is 2.61. The van der Waals surface area contributed by atoms with E-state index in [-0.39, 0.29) is 11.7 Å². The standard InChI is InChI=1S/C14H14FN3O/c1-10(11-3-5-12(15)6-4-11)9-14(19)16-13-7-8-18(2)17-13/h3-9H,1-2H3,(H,16,17,19)/b10-9+. The minimum absolute atomic E-state index is 0.263. The van der Waals surface area contributed by atoms with E-state index in [2.05, 4.69) is 10.4 Å². The Kier molecular flexibility index (Phi) is 3.75. The van der Waals surface area contributed by atoms with Crippen molar-refractivity contribution >= 4 is 17.3 Å². The van der Waals surface area contributed by atoms with Gasteiger partial charge < -0.3 is 5.32 Å². The van der Waals surface area contributed by atoms with E-state index in [1.54, 1.807) is 43.0 Å². The number of anilines is 1. The van der Waals surface area contributed by atoms with Crippen molar-refractivity contribution in [2.75, 3.05) is 5.32 Å². The number of carbonyl (C=O) groups excluding carboxylic acids is 1. The van der Waals surface area contributed by atoms with Gasteiger partial charge in [-0.25, -0.2) is 4.39 Å². The summed E-state index contributed by atoms with van der Waals surface area (Å²) in [6.07, 6.45) is 3.20. The van der Waals surface area contributed by atoms with Crippen LogP contribution in [0.5, 0.6) is 0 Å². The summed E-state index contributed by atoms with van der Waals surface area (Å²) >= 11 is 0. The summed E-state index contributed by atoms with van der Waals surface area (Å²) in [4.78, 5) is 11.8. The van der Waals surface area contributed by atoms with E-state index >= 15 is 0 Å². The third-order valence-electron chi connectivity index (χ3n) is 2.61. The third kappa shape index (κ3) is 3.51. The maximum Gasteiger partial charge on any atom is 0.249 e. The molecule has 1 amide bonds. The molecule has 2 aromatic rings. The fraction of sp³-hybridized carbons (Fsp3) is 0.143. The van der Waals surface area contributed by atoms with Crippen LogP contribution in [0, 0.1) is 5.82 Å². The molecule has 0 fully saturated rings. The minimum Gasteiger partial charge on any atom is -0.306 e. The van der Waals surface area contributed by atoms with Crippen molar-refractivity contribution in [3.05, 3.63) is 54.0 Å². The first kappa shape index (κ1) is 13.0. The lowest BCUT2D eigenvalue weighted by Crippen LogP contribution is -2.09. The smallest absolute Gasteiger partial charge is 0.249 e. The molecule has 4 nitrogen and oxygen atoms in total. The summed E-state index contributed by atoms with van der Waals surface area (Å²) in [5, 5.41) is 6.70. The highest BCUT2D eigenvalue weighted by Crippen LogP contribution is 2.14. The summed E-state index contributed by atoms with van der Waals surface area (Å²) in [7, 11) is 1.77. The Morgan fingerprint density at radius 1 is 1.32 bits per heavy atom. The highest BCUT2D eigenvalue weighted by molar-refractivity contribution is 6.03. The molecule has 0 spiro atoms. The number of hydrogen-bond acceptors (Lipinski definition) is 2. The Bertz CT molecular complexity index is 614. The van der Waals surface area contributed by atoms with Gasteiger partial charge in [0.1, 0.15) is 5.82 Å². The molecular weight excluding hydrogens is 245 g/mol. The molecule has 0 saturated heterocycles. The van der Waals surface area contributed by atoms with Crippen molar-refractivity contribution in [3.63, 3.8) is 0 Å². The minimum atomic E-state index is -0.297. The van der Waals surface area contributed by atoms with Gasteiger partial charge in [0, 0.05) is 25.4 Å². The molecule has 0 aliphatic carbocycles. The quantitative estimate of drug-likeness (QED) is 0.861. The summed E-state index contributed by atoms with van der Waals surface area (Å²) in [6.45, 7) is 1.80. The number of benzene rings is 1. The predicted molar refractivity (Wildman–Crippen MR) is 71.9 cm³/mol. The summed E-state index contributed by atoms with van der Waals surface area (Å²) < 4.78 is 14.4. The lowest BCUT2D eigenvalue weighted by atomic mass is 10.1. The van der Waals surface area contributed by atoms with Crippen LogP contribution in [-0.2, 0) is 11.8 Å². The van der Waals surface area contributed by atoms with Crippen molar-refractivity contribution in [1.82, 2.24) is 9.78 Å². The molecule has 98 valence electrons. The van der Waals surface area contributed by atoms with Crippen LogP contribution in [0.25, 0.3) is 5.57 Å². The second kappa shape index (κ2) is 5.48. The molecule has 5 heteroatoms. The van der Waals surface area contributed by atoms with Gasteiger partial charge >= 0.3 is 0 Å². The van der Waals surface area contributed by atoms with Crippen LogP contribution in [-0.4, -0.2) is 15.7 Å². The maximum absolute atomic E-state index is 12.8. The Morgan fingerprint density at radius 3 is 2.58 bits per heavy atom. The van der Waals surface area contributed by atoms with Crippen LogP contribution in [0.15, 0.2) is 42.6 Å². The zero-order chi connectivity index (χ0) is 13.8. The number of rotatable bonds is 3. The van der Waals surface area contributed by atoms with E-state index in [4.69, 9.17) is 0 Å². The summed E-state index contributed by atoms with van der Waals surface area (Å²) in [6, 6.07) is 7.70. The second-order valence-electron chi connectivity index (χ2n) is 4.20. The monoisotopic (exact) mass is 259 g/mol. The summed E-state index contributed by atoms with van der Waals surface area (Å²) in [5.74, 6) is -0.0642. The molecule has 1 aromatic carbocycles. The molecule has 19 heavy (non-hydrogen) atoms. The zero-order valence-corrected chi connectivity index (χ0v) is 10.7. The normalized spacial score (nSPS) is 11.4. The van der Waals surface area contributed by atoms with Gasteiger partial charge in [0.25, 0.3) is 0 Å². The van der Waals surface area contributed by atoms with Crippen LogP contribution in [0.2, 0.25) is 0 Å². The Labute approximate surface area is 110 Å². The number of aryl methyl sites for hydroxylation is 1. The Hall–Kier alpha value is -2.43. The van der Waals surface area contributed by atoms with Gasteiger partial charge in [-0.1, -0.05) is 12.1 Å². The number of halogens is 1. The maximum atomic E-state index is 12.8. The van der Waals surface area contributed by atoms with Gasteiger partial charge in [-0.05, 0) is 30.2 Å². The van der Waals surface area contributed by atoms with Crippen molar-refractivity contribution in [2.24, 2.45) is 7.05 Å². The average molecular weight is 259 g/mol. The van der Waals surface area contributed by atoms with E-state index < -0.39 is 0 Å². The number of nitrogens with one attached hydrogen (secondary N) is 1. The van der Waals surface area contributed by atoms with Crippen LogP contribution in [0.3, 0.4) is 0 Å². The lowest BCUT2D eigenvalue weighted by Gasteiger charge is -2.02. The van der Waals surface area contributed by atoms with Crippen molar-refractivity contribution in [2.45, 2.75) is 6.92 Å². The average Bonchev–Trinajstić information content (AvgIpc) is 2.75. The van der Waals surface area contributed by atoms with Crippen LogP contribution >= 0.6 is 0 Å². The molecule has 0 aliphatic rings. The number of amides is 1. The molecule has 1 aromatic heterocycles. The molecule has 1 N–H and O–H groups in total. The zero-order valence-electron chi connectivity index (χ0n) is 10.7. The molecule has 1 heterocycles. The molecule has 0 aliphatic heterocycles. The lowest BCUT2D eigenvalue weighted by molar-refractivity contribution is -0.111. The van der Waals surface area contributed by atoms with Crippen molar-refractivity contribution < 1.29 is 9.18 Å². The van der Waals surface area contributed by atoms with E-state index in [0.29, 0.717) is 5.82 Å². The fourth-order valence-corrected chi connectivity index (χ4v) is 1.64. The van der Waals surface area contributed by atoms with E-state index in [1.807, 2.05) is 0 Å². The first-order valence-corrected chi connectivity index (χ1v) is 5.79. The molecule has 2 rings (SSSR count). The van der Waals surface area contributed by atoms with Gasteiger partial charge in [0.2, 0.25) is 5.91 Å². The number of carbonyl (C=O) groups is 1. The predicted octanol–water partition coefficient (Wildman–Crippen LogP) is 2.60. The number of nitrogens with zero attached hydrogens (tertiary/aromatic N) is 2. The topological polar surface area (TPSA) is 46.9 Å². The van der Waals surface area contributed by atoms with E-state index in [1.165, 1.54) is 18.2 Å². The van der Waals surface area contributed by atoms with Crippen LogP contribution < -0.4 is 5.32 Å². The highest BCUT2D eigenvalue weighted by Gasteiger charge is 2.03. The second-order valence-corrected chi connectivity index (χ2v) is 4.20. The van der Waals surface area contributed by atoms with Gasteiger partial charge in [0.05, 0.1) is 0 Å².